The second-order valence-corrected chi connectivity index (χ2v) is 16.7. The number of esters is 3. The maximum Gasteiger partial charge on any atom is 0.306 e. The van der Waals surface area contributed by atoms with Crippen LogP contribution in [0.25, 0.3) is 0 Å². The first-order chi connectivity index (χ1) is 28.5. The van der Waals surface area contributed by atoms with Crippen molar-refractivity contribution >= 4 is 17.9 Å². The maximum atomic E-state index is 12.7. The molecule has 6 nitrogen and oxygen atoms in total. The van der Waals surface area contributed by atoms with Crippen molar-refractivity contribution in [3.05, 3.63) is 36.5 Å². The van der Waals surface area contributed by atoms with E-state index in [9.17, 15) is 14.4 Å². The molecule has 0 aromatic carbocycles. The van der Waals surface area contributed by atoms with Gasteiger partial charge >= 0.3 is 17.9 Å². The lowest BCUT2D eigenvalue weighted by Gasteiger charge is -2.18. The highest BCUT2D eigenvalue weighted by Gasteiger charge is 2.19. The lowest BCUT2D eigenvalue weighted by Crippen LogP contribution is -2.30. The van der Waals surface area contributed by atoms with Crippen LogP contribution in [0.5, 0.6) is 0 Å². The van der Waals surface area contributed by atoms with Crippen molar-refractivity contribution in [1.82, 2.24) is 0 Å². The zero-order chi connectivity index (χ0) is 42.3. The Balaban J connectivity index is 4.14. The Bertz CT molecular complexity index is 984. The molecule has 0 aliphatic carbocycles. The standard InChI is InChI=1S/C52H94O6/c1-4-7-10-13-15-17-19-21-23-24-25-26-27-28-29-31-32-34-36-39-42-45-51(54)57-48-49(47-56-50(53)44-41-38-12-9-6-3)58-52(55)46-43-40-37-35-33-30-22-20-18-16-14-11-8-5-2/h14,16,20,22,24-25,49H,4-13,15,17-19,21,23,26-48H2,1-3H3/b16-14-,22-20-,25-24-. The Morgan fingerprint density at radius 3 is 1.02 bits per heavy atom. The summed E-state index contributed by atoms with van der Waals surface area (Å²) >= 11 is 0. The van der Waals surface area contributed by atoms with Gasteiger partial charge in [0.05, 0.1) is 0 Å². The number of carbonyl (C=O) groups excluding carboxylic acids is 3. The molecular formula is C52H94O6. The Morgan fingerprint density at radius 1 is 0.345 bits per heavy atom. The monoisotopic (exact) mass is 815 g/mol. The minimum Gasteiger partial charge on any atom is -0.462 e. The molecule has 0 radical (unpaired) electrons. The molecule has 0 heterocycles. The number of unbranched alkanes of at least 4 members (excludes halogenated alkanes) is 28. The third-order valence-electron chi connectivity index (χ3n) is 10.9. The van der Waals surface area contributed by atoms with E-state index in [4.69, 9.17) is 14.2 Å². The van der Waals surface area contributed by atoms with E-state index in [1.165, 1.54) is 128 Å². The summed E-state index contributed by atoms with van der Waals surface area (Å²) in [5.74, 6) is -0.903. The molecular weight excluding hydrogens is 721 g/mol. The van der Waals surface area contributed by atoms with Crippen LogP contribution in [0.4, 0.5) is 0 Å². The number of allylic oxidation sites excluding steroid dienone is 6. The van der Waals surface area contributed by atoms with Gasteiger partial charge in [-0.05, 0) is 70.6 Å². The molecule has 0 bridgehead atoms. The van der Waals surface area contributed by atoms with Crippen LogP contribution in [0.1, 0.15) is 258 Å². The molecule has 0 N–H and O–H groups in total. The van der Waals surface area contributed by atoms with E-state index in [-0.39, 0.29) is 31.1 Å². The lowest BCUT2D eigenvalue weighted by atomic mass is 10.1. The fraction of sp³-hybridized carbons (Fsp3) is 0.827. The average Bonchev–Trinajstić information content (AvgIpc) is 3.22. The van der Waals surface area contributed by atoms with E-state index in [0.29, 0.717) is 19.3 Å². The summed E-state index contributed by atoms with van der Waals surface area (Å²) in [5.41, 5.74) is 0. The van der Waals surface area contributed by atoms with Crippen molar-refractivity contribution < 1.29 is 28.6 Å². The Kier molecular flexibility index (Phi) is 45.4. The predicted octanol–water partition coefficient (Wildman–Crippen LogP) is 16.1. The summed E-state index contributed by atoms with van der Waals surface area (Å²) < 4.78 is 16.6. The van der Waals surface area contributed by atoms with Gasteiger partial charge < -0.3 is 14.2 Å². The molecule has 0 amide bonds. The smallest absolute Gasteiger partial charge is 0.306 e. The van der Waals surface area contributed by atoms with Crippen molar-refractivity contribution in [2.24, 2.45) is 0 Å². The van der Waals surface area contributed by atoms with E-state index in [0.717, 1.165) is 89.9 Å². The number of hydrogen-bond donors (Lipinski definition) is 0. The molecule has 0 aromatic rings. The summed E-state index contributed by atoms with van der Waals surface area (Å²) in [6, 6.07) is 0. The number of rotatable bonds is 45. The minimum absolute atomic E-state index is 0.0779. The van der Waals surface area contributed by atoms with Crippen molar-refractivity contribution in [3.63, 3.8) is 0 Å². The molecule has 1 unspecified atom stereocenters. The van der Waals surface area contributed by atoms with Gasteiger partial charge in [-0.2, -0.15) is 0 Å². The molecule has 6 heteroatoms. The van der Waals surface area contributed by atoms with E-state index < -0.39 is 6.10 Å². The molecule has 0 aliphatic heterocycles. The number of hydrogen-bond acceptors (Lipinski definition) is 6. The van der Waals surface area contributed by atoms with E-state index in [2.05, 4.69) is 57.2 Å². The number of carbonyl (C=O) groups is 3. The van der Waals surface area contributed by atoms with Crippen molar-refractivity contribution in [2.45, 2.75) is 264 Å². The molecule has 58 heavy (non-hydrogen) atoms. The fourth-order valence-electron chi connectivity index (χ4n) is 7.04. The van der Waals surface area contributed by atoms with Gasteiger partial charge in [0.25, 0.3) is 0 Å². The van der Waals surface area contributed by atoms with Crippen LogP contribution in [0.2, 0.25) is 0 Å². The minimum atomic E-state index is -0.774. The van der Waals surface area contributed by atoms with Crippen molar-refractivity contribution in [2.75, 3.05) is 13.2 Å². The first-order valence-electron chi connectivity index (χ1n) is 25.0. The van der Waals surface area contributed by atoms with Crippen LogP contribution >= 0.6 is 0 Å². The van der Waals surface area contributed by atoms with Gasteiger partial charge in [0.1, 0.15) is 13.2 Å². The first kappa shape index (κ1) is 55.6. The summed E-state index contributed by atoms with van der Waals surface area (Å²) in [6.07, 6.45) is 54.5. The molecule has 0 spiro atoms. The zero-order valence-electron chi connectivity index (χ0n) is 38.6. The zero-order valence-corrected chi connectivity index (χ0v) is 38.6. The first-order valence-corrected chi connectivity index (χ1v) is 25.0. The second kappa shape index (κ2) is 47.3. The largest absolute Gasteiger partial charge is 0.462 e. The van der Waals surface area contributed by atoms with Crippen molar-refractivity contribution in [1.29, 1.82) is 0 Å². The highest BCUT2D eigenvalue weighted by Crippen LogP contribution is 2.15. The van der Waals surface area contributed by atoms with Crippen LogP contribution < -0.4 is 0 Å². The van der Waals surface area contributed by atoms with E-state index >= 15 is 0 Å². The third-order valence-corrected chi connectivity index (χ3v) is 10.9. The number of ether oxygens (including phenoxy) is 3. The molecule has 0 saturated carbocycles. The SMILES string of the molecule is CCCC/C=C\C/C=C\CCCCCCCC(=O)OC(COC(=O)CCCCCCC)COC(=O)CCCCCCCCCCC/C=C\CCCCCCCCCC. The molecule has 0 rings (SSSR count). The van der Waals surface area contributed by atoms with Gasteiger partial charge in [0, 0.05) is 19.3 Å². The van der Waals surface area contributed by atoms with Crippen LogP contribution in [0.15, 0.2) is 36.5 Å². The Morgan fingerprint density at radius 2 is 0.638 bits per heavy atom. The molecule has 0 saturated heterocycles. The second-order valence-electron chi connectivity index (χ2n) is 16.7. The normalized spacial score (nSPS) is 12.3. The van der Waals surface area contributed by atoms with E-state index in [1.54, 1.807) is 0 Å². The lowest BCUT2D eigenvalue weighted by molar-refractivity contribution is -0.167. The predicted molar refractivity (Wildman–Crippen MR) is 247 cm³/mol. The molecule has 0 aromatic heterocycles. The van der Waals surface area contributed by atoms with E-state index in [1.807, 2.05) is 0 Å². The molecule has 0 fully saturated rings. The Labute approximate surface area is 359 Å². The molecule has 338 valence electrons. The third kappa shape index (κ3) is 44.7. The summed E-state index contributed by atoms with van der Waals surface area (Å²) in [4.78, 5) is 37.6. The average molecular weight is 815 g/mol. The summed E-state index contributed by atoms with van der Waals surface area (Å²) in [5, 5.41) is 0. The van der Waals surface area contributed by atoms with Gasteiger partial charge in [0.15, 0.2) is 6.10 Å². The van der Waals surface area contributed by atoms with Gasteiger partial charge in [-0.1, -0.05) is 205 Å². The molecule has 1 atom stereocenters. The summed E-state index contributed by atoms with van der Waals surface area (Å²) in [6.45, 7) is 6.51. The maximum absolute atomic E-state index is 12.7. The highest BCUT2D eigenvalue weighted by atomic mass is 16.6. The van der Waals surface area contributed by atoms with Gasteiger partial charge in [0.2, 0.25) is 0 Å². The topological polar surface area (TPSA) is 78.9 Å². The van der Waals surface area contributed by atoms with Gasteiger partial charge in [-0.3, -0.25) is 14.4 Å². The van der Waals surface area contributed by atoms with Crippen LogP contribution in [0, 0.1) is 0 Å². The van der Waals surface area contributed by atoms with Crippen LogP contribution in [-0.2, 0) is 28.6 Å². The van der Waals surface area contributed by atoms with Gasteiger partial charge in [-0.25, -0.2) is 0 Å². The van der Waals surface area contributed by atoms with Crippen molar-refractivity contribution in [3.8, 4) is 0 Å². The quantitative estimate of drug-likeness (QED) is 0.0264. The van der Waals surface area contributed by atoms with Crippen LogP contribution in [0.3, 0.4) is 0 Å². The highest BCUT2D eigenvalue weighted by molar-refractivity contribution is 5.71. The molecule has 0 aliphatic rings. The van der Waals surface area contributed by atoms with Gasteiger partial charge in [-0.15, -0.1) is 0 Å². The fourth-order valence-corrected chi connectivity index (χ4v) is 7.04. The van der Waals surface area contributed by atoms with Crippen LogP contribution in [-0.4, -0.2) is 37.2 Å². The summed E-state index contributed by atoms with van der Waals surface area (Å²) in [7, 11) is 0. The Hall–Kier alpha value is -2.37.